The highest BCUT2D eigenvalue weighted by Gasteiger charge is 2.22. The minimum Gasteiger partial charge on any atom is -0.508 e. The molecule has 0 aliphatic rings. The lowest BCUT2D eigenvalue weighted by Crippen LogP contribution is -2.10. The second kappa shape index (κ2) is 5.90. The molecule has 6 nitrogen and oxygen atoms in total. The molecule has 0 spiro atoms. The second-order valence-corrected chi connectivity index (χ2v) is 4.60. The third kappa shape index (κ3) is 3.18. The molecule has 0 heterocycles. The first-order valence-corrected chi connectivity index (χ1v) is 6.18. The van der Waals surface area contributed by atoms with Gasteiger partial charge in [-0.15, -0.1) is 0 Å². The molecule has 2 aromatic rings. The van der Waals surface area contributed by atoms with E-state index in [1.807, 2.05) is 0 Å². The van der Waals surface area contributed by atoms with Crippen LogP contribution in [-0.2, 0) is 0 Å². The quantitative estimate of drug-likeness (QED) is 0.585. The van der Waals surface area contributed by atoms with E-state index in [-0.39, 0.29) is 28.6 Å². The molecule has 0 radical (unpaired) electrons. The van der Waals surface area contributed by atoms with Gasteiger partial charge < -0.3 is 30.3 Å². The normalized spacial score (nSPS) is 13.7. The minimum absolute atomic E-state index is 0.0852. The number of hydrogen-bond donors (Lipinski definition) is 5. The van der Waals surface area contributed by atoms with Gasteiger partial charge in [-0.3, -0.25) is 0 Å². The maximum Gasteiger partial charge on any atom is 0.160 e. The maximum atomic E-state index is 10.2. The number of rotatable bonds is 4. The molecule has 112 valence electrons. The lowest BCUT2D eigenvalue weighted by Gasteiger charge is -2.19. The van der Waals surface area contributed by atoms with Crippen molar-refractivity contribution in [1.29, 1.82) is 0 Å². The Kier molecular flexibility index (Phi) is 4.21. The zero-order valence-corrected chi connectivity index (χ0v) is 11.3. The van der Waals surface area contributed by atoms with Crippen LogP contribution >= 0.6 is 0 Å². The van der Waals surface area contributed by atoms with Gasteiger partial charge in [0, 0.05) is 6.07 Å². The van der Waals surface area contributed by atoms with Gasteiger partial charge in [-0.1, -0.05) is 6.07 Å². The number of hydrogen-bond acceptors (Lipinski definition) is 6. The highest BCUT2D eigenvalue weighted by Crippen LogP contribution is 2.36. The van der Waals surface area contributed by atoms with E-state index < -0.39 is 12.2 Å². The minimum atomic E-state index is -1.36. The predicted molar refractivity (Wildman–Crippen MR) is 74.4 cm³/mol. The molecule has 0 aliphatic carbocycles. The summed E-state index contributed by atoms with van der Waals surface area (Å²) in [5.41, 5.74) is 0.479. The zero-order chi connectivity index (χ0) is 15.6. The van der Waals surface area contributed by atoms with Gasteiger partial charge in [0.15, 0.2) is 11.5 Å². The topological polar surface area (TPSA) is 110 Å². The van der Waals surface area contributed by atoms with Crippen molar-refractivity contribution in [3.8, 4) is 23.0 Å². The van der Waals surface area contributed by atoms with Crippen LogP contribution in [0.5, 0.6) is 23.0 Å². The summed E-state index contributed by atoms with van der Waals surface area (Å²) in [5.74, 6) is -0.366. The Labute approximate surface area is 121 Å². The van der Waals surface area contributed by atoms with E-state index >= 15 is 0 Å². The summed E-state index contributed by atoms with van der Waals surface area (Å²) in [7, 11) is 1.37. The number of phenolic OH excluding ortho intramolecular Hbond substituents is 3. The van der Waals surface area contributed by atoms with Gasteiger partial charge in [-0.2, -0.15) is 0 Å². The molecule has 0 aliphatic heterocycles. The molecule has 0 saturated heterocycles. The number of aliphatic hydroxyl groups excluding tert-OH is 2. The van der Waals surface area contributed by atoms with Gasteiger partial charge >= 0.3 is 0 Å². The van der Waals surface area contributed by atoms with E-state index in [0.29, 0.717) is 5.56 Å². The summed E-state index contributed by atoms with van der Waals surface area (Å²) >= 11 is 0. The molecule has 2 atom stereocenters. The Bertz CT molecular complexity index is 620. The molecule has 0 aromatic heterocycles. The first-order chi connectivity index (χ1) is 9.92. The summed E-state index contributed by atoms with van der Waals surface area (Å²) in [6.45, 7) is 0. The van der Waals surface area contributed by atoms with Crippen LogP contribution in [0.25, 0.3) is 0 Å². The van der Waals surface area contributed by atoms with Crippen molar-refractivity contribution >= 4 is 0 Å². The Morgan fingerprint density at radius 3 is 1.95 bits per heavy atom. The Hall–Kier alpha value is -2.44. The maximum absolute atomic E-state index is 10.2. The summed E-state index contributed by atoms with van der Waals surface area (Å²) in [6, 6.07) is 7.77. The molecule has 2 unspecified atom stereocenters. The summed E-state index contributed by atoms with van der Waals surface area (Å²) < 4.78 is 4.94. The molecule has 0 fully saturated rings. The molecular formula is C15H16O6. The summed E-state index contributed by atoms with van der Waals surface area (Å²) in [5, 5.41) is 48.7. The van der Waals surface area contributed by atoms with Crippen molar-refractivity contribution in [2.24, 2.45) is 0 Å². The third-order valence-electron chi connectivity index (χ3n) is 3.11. The fraction of sp³-hybridized carbons (Fsp3) is 0.200. The van der Waals surface area contributed by atoms with Crippen molar-refractivity contribution in [3.63, 3.8) is 0 Å². The third-order valence-corrected chi connectivity index (χ3v) is 3.11. The number of aromatic hydroxyl groups is 3. The standard InChI is InChI=1S/C15H16O6/c1-21-13-6-8(2-3-12(13)18)14(19)15(20)9-4-10(16)7-11(17)5-9/h2-7,14-20H,1H3. The van der Waals surface area contributed by atoms with Gasteiger partial charge in [0.05, 0.1) is 7.11 Å². The van der Waals surface area contributed by atoms with Crippen LogP contribution in [0.15, 0.2) is 36.4 Å². The predicted octanol–water partition coefficient (Wildman–Crippen LogP) is 1.58. The lowest BCUT2D eigenvalue weighted by atomic mass is 9.97. The zero-order valence-electron chi connectivity index (χ0n) is 11.3. The van der Waals surface area contributed by atoms with E-state index in [9.17, 15) is 25.5 Å². The molecule has 21 heavy (non-hydrogen) atoms. The largest absolute Gasteiger partial charge is 0.508 e. The number of methoxy groups -OCH3 is 1. The smallest absolute Gasteiger partial charge is 0.160 e. The Morgan fingerprint density at radius 2 is 1.38 bits per heavy atom. The molecule has 5 N–H and O–H groups in total. The van der Waals surface area contributed by atoms with Gasteiger partial charge in [0.2, 0.25) is 0 Å². The highest BCUT2D eigenvalue weighted by atomic mass is 16.5. The van der Waals surface area contributed by atoms with Gasteiger partial charge in [0.25, 0.3) is 0 Å². The number of aliphatic hydroxyl groups is 2. The summed E-state index contributed by atoms with van der Waals surface area (Å²) in [4.78, 5) is 0. The monoisotopic (exact) mass is 292 g/mol. The number of phenols is 3. The molecular weight excluding hydrogens is 276 g/mol. The van der Waals surface area contributed by atoms with Gasteiger partial charge in [0.1, 0.15) is 23.7 Å². The lowest BCUT2D eigenvalue weighted by molar-refractivity contribution is 0.0169. The highest BCUT2D eigenvalue weighted by molar-refractivity contribution is 5.44. The van der Waals surface area contributed by atoms with Crippen molar-refractivity contribution < 1.29 is 30.3 Å². The average Bonchev–Trinajstić information content (AvgIpc) is 2.45. The van der Waals surface area contributed by atoms with Crippen molar-refractivity contribution in [3.05, 3.63) is 47.5 Å². The van der Waals surface area contributed by atoms with Crippen LogP contribution in [0.4, 0.5) is 0 Å². The molecule has 2 aromatic carbocycles. The average molecular weight is 292 g/mol. The van der Waals surface area contributed by atoms with Crippen LogP contribution < -0.4 is 4.74 Å². The Morgan fingerprint density at radius 1 is 0.810 bits per heavy atom. The fourth-order valence-corrected chi connectivity index (χ4v) is 2.03. The number of benzene rings is 2. The first kappa shape index (κ1) is 15.0. The van der Waals surface area contributed by atoms with Crippen LogP contribution in [0, 0.1) is 0 Å². The van der Waals surface area contributed by atoms with Crippen LogP contribution in [-0.4, -0.2) is 32.6 Å². The molecule has 0 amide bonds. The first-order valence-electron chi connectivity index (χ1n) is 6.18. The van der Waals surface area contributed by atoms with Gasteiger partial charge in [-0.05, 0) is 35.4 Å². The Balaban J connectivity index is 2.32. The second-order valence-electron chi connectivity index (χ2n) is 4.60. The van der Waals surface area contributed by atoms with E-state index in [1.54, 1.807) is 0 Å². The van der Waals surface area contributed by atoms with E-state index in [1.165, 1.54) is 37.4 Å². The van der Waals surface area contributed by atoms with Crippen molar-refractivity contribution in [2.45, 2.75) is 12.2 Å². The SMILES string of the molecule is COc1cc(C(O)C(O)c2cc(O)cc(O)c2)ccc1O. The number of ether oxygens (including phenoxy) is 1. The van der Waals surface area contributed by atoms with Crippen molar-refractivity contribution in [1.82, 2.24) is 0 Å². The van der Waals surface area contributed by atoms with E-state index in [2.05, 4.69) is 0 Å². The molecule has 0 saturated carbocycles. The molecule has 2 rings (SSSR count). The molecule has 6 heteroatoms. The summed E-state index contributed by atoms with van der Waals surface area (Å²) in [6.07, 6.45) is -2.68. The molecule has 0 bridgehead atoms. The van der Waals surface area contributed by atoms with Gasteiger partial charge in [-0.25, -0.2) is 0 Å². The van der Waals surface area contributed by atoms with Crippen LogP contribution in [0.3, 0.4) is 0 Å². The van der Waals surface area contributed by atoms with E-state index in [0.717, 1.165) is 6.07 Å². The van der Waals surface area contributed by atoms with Crippen LogP contribution in [0.2, 0.25) is 0 Å². The fourth-order valence-electron chi connectivity index (χ4n) is 2.03. The van der Waals surface area contributed by atoms with Crippen molar-refractivity contribution in [2.75, 3.05) is 7.11 Å². The van der Waals surface area contributed by atoms with Crippen LogP contribution in [0.1, 0.15) is 23.3 Å². The van der Waals surface area contributed by atoms with E-state index in [4.69, 9.17) is 4.74 Å².